The molecule has 0 radical (unpaired) electrons. The lowest BCUT2D eigenvalue weighted by Gasteiger charge is -2.08. The maximum Gasteiger partial charge on any atom is 0.224 e. The lowest BCUT2D eigenvalue weighted by atomic mass is 10.2. The van der Waals surface area contributed by atoms with Gasteiger partial charge in [-0.1, -0.05) is 6.07 Å². The standard InChI is InChI=1S/C18H19N5O/c1-13-3-4-15(11-21-13)10-18(24)22-12-16-5-6-20-17(9-16)23-8-7-19-14(23)2/h3-9,11H,10,12H2,1-2H3,(H,22,24). The lowest BCUT2D eigenvalue weighted by molar-refractivity contribution is -0.120. The van der Waals surface area contributed by atoms with Gasteiger partial charge in [0.05, 0.1) is 6.42 Å². The van der Waals surface area contributed by atoms with E-state index >= 15 is 0 Å². The van der Waals surface area contributed by atoms with E-state index in [4.69, 9.17) is 0 Å². The van der Waals surface area contributed by atoms with Gasteiger partial charge < -0.3 is 5.32 Å². The summed E-state index contributed by atoms with van der Waals surface area (Å²) in [5.74, 6) is 1.63. The molecule has 0 fully saturated rings. The molecule has 122 valence electrons. The minimum Gasteiger partial charge on any atom is -0.352 e. The first-order valence-corrected chi connectivity index (χ1v) is 7.75. The summed E-state index contributed by atoms with van der Waals surface area (Å²) in [5, 5.41) is 2.93. The topological polar surface area (TPSA) is 72.7 Å². The molecule has 3 aromatic heterocycles. The number of imidazole rings is 1. The summed E-state index contributed by atoms with van der Waals surface area (Å²) < 4.78 is 1.91. The van der Waals surface area contributed by atoms with Gasteiger partial charge in [-0.3, -0.25) is 14.3 Å². The highest BCUT2D eigenvalue weighted by Crippen LogP contribution is 2.09. The van der Waals surface area contributed by atoms with Gasteiger partial charge in [0.1, 0.15) is 11.6 Å². The van der Waals surface area contributed by atoms with Gasteiger partial charge in [0.15, 0.2) is 0 Å². The maximum atomic E-state index is 12.1. The van der Waals surface area contributed by atoms with Crippen molar-refractivity contribution in [2.24, 2.45) is 0 Å². The highest BCUT2D eigenvalue weighted by Gasteiger charge is 2.06. The molecule has 0 saturated carbocycles. The second kappa shape index (κ2) is 7.04. The van der Waals surface area contributed by atoms with E-state index < -0.39 is 0 Å². The van der Waals surface area contributed by atoms with Crippen molar-refractivity contribution >= 4 is 5.91 Å². The van der Waals surface area contributed by atoms with E-state index in [9.17, 15) is 4.79 Å². The van der Waals surface area contributed by atoms with Crippen molar-refractivity contribution in [3.63, 3.8) is 0 Å². The van der Waals surface area contributed by atoms with Crippen LogP contribution in [0.15, 0.2) is 49.1 Å². The van der Waals surface area contributed by atoms with Crippen molar-refractivity contribution in [1.29, 1.82) is 0 Å². The van der Waals surface area contributed by atoms with Gasteiger partial charge in [-0.25, -0.2) is 9.97 Å². The summed E-state index contributed by atoms with van der Waals surface area (Å²) >= 11 is 0. The lowest BCUT2D eigenvalue weighted by Crippen LogP contribution is -2.24. The number of nitrogens with one attached hydrogen (secondary N) is 1. The summed E-state index contributed by atoms with van der Waals surface area (Å²) in [6, 6.07) is 7.67. The van der Waals surface area contributed by atoms with Gasteiger partial charge in [0.2, 0.25) is 5.91 Å². The van der Waals surface area contributed by atoms with Crippen molar-refractivity contribution in [3.05, 3.63) is 71.7 Å². The van der Waals surface area contributed by atoms with E-state index in [-0.39, 0.29) is 5.91 Å². The van der Waals surface area contributed by atoms with Crippen LogP contribution in [0.25, 0.3) is 5.82 Å². The van der Waals surface area contributed by atoms with Crippen LogP contribution in [0.5, 0.6) is 0 Å². The first-order valence-electron chi connectivity index (χ1n) is 7.75. The molecule has 0 aromatic carbocycles. The average Bonchev–Trinajstić information content (AvgIpc) is 3.01. The van der Waals surface area contributed by atoms with Crippen LogP contribution in [0.3, 0.4) is 0 Å². The zero-order valence-electron chi connectivity index (χ0n) is 13.7. The van der Waals surface area contributed by atoms with Crippen LogP contribution >= 0.6 is 0 Å². The number of carbonyl (C=O) groups excluding carboxylic acids is 1. The number of nitrogens with zero attached hydrogens (tertiary/aromatic N) is 4. The molecule has 6 heteroatoms. The number of hydrogen-bond donors (Lipinski definition) is 1. The van der Waals surface area contributed by atoms with Gasteiger partial charge in [-0.2, -0.15) is 0 Å². The number of carbonyl (C=O) groups is 1. The highest BCUT2D eigenvalue weighted by molar-refractivity contribution is 5.78. The molecule has 1 amide bonds. The predicted octanol–water partition coefficient (Wildman–Crippen LogP) is 2.14. The Morgan fingerprint density at radius 2 is 1.96 bits per heavy atom. The Morgan fingerprint density at radius 1 is 1.08 bits per heavy atom. The second-order valence-electron chi connectivity index (χ2n) is 5.63. The Balaban J connectivity index is 1.61. The number of pyridine rings is 2. The Kier molecular flexibility index (Phi) is 4.65. The van der Waals surface area contributed by atoms with Crippen molar-refractivity contribution in [2.45, 2.75) is 26.8 Å². The fraction of sp³-hybridized carbons (Fsp3) is 0.222. The summed E-state index contributed by atoms with van der Waals surface area (Å²) in [6.45, 7) is 4.31. The molecule has 24 heavy (non-hydrogen) atoms. The third-order valence-corrected chi connectivity index (χ3v) is 3.71. The predicted molar refractivity (Wildman–Crippen MR) is 90.6 cm³/mol. The molecule has 0 spiro atoms. The van der Waals surface area contributed by atoms with E-state index in [0.29, 0.717) is 13.0 Å². The molecule has 0 atom stereocenters. The fourth-order valence-electron chi connectivity index (χ4n) is 2.37. The smallest absolute Gasteiger partial charge is 0.224 e. The monoisotopic (exact) mass is 321 g/mol. The fourth-order valence-corrected chi connectivity index (χ4v) is 2.37. The van der Waals surface area contributed by atoms with Crippen LogP contribution in [0.4, 0.5) is 0 Å². The molecule has 0 bridgehead atoms. The Morgan fingerprint density at radius 3 is 2.67 bits per heavy atom. The second-order valence-corrected chi connectivity index (χ2v) is 5.63. The minimum absolute atomic E-state index is 0.0298. The molecule has 1 N–H and O–H groups in total. The van der Waals surface area contributed by atoms with E-state index in [1.165, 1.54) is 0 Å². The van der Waals surface area contributed by atoms with Crippen molar-refractivity contribution < 1.29 is 4.79 Å². The van der Waals surface area contributed by atoms with E-state index in [1.54, 1.807) is 18.6 Å². The molecule has 0 aliphatic heterocycles. The Bertz CT molecular complexity index is 839. The highest BCUT2D eigenvalue weighted by atomic mass is 16.1. The molecule has 0 saturated heterocycles. The van der Waals surface area contributed by atoms with Gasteiger partial charge in [0, 0.05) is 37.0 Å². The summed E-state index contributed by atoms with van der Waals surface area (Å²) in [7, 11) is 0. The number of hydrogen-bond acceptors (Lipinski definition) is 4. The molecule has 3 rings (SSSR count). The van der Waals surface area contributed by atoms with Crippen molar-refractivity contribution in [2.75, 3.05) is 0 Å². The quantitative estimate of drug-likeness (QED) is 0.781. The molecule has 6 nitrogen and oxygen atoms in total. The van der Waals surface area contributed by atoms with E-state index in [2.05, 4.69) is 20.3 Å². The third kappa shape index (κ3) is 3.84. The third-order valence-electron chi connectivity index (χ3n) is 3.71. The molecule has 0 aliphatic rings. The minimum atomic E-state index is -0.0298. The van der Waals surface area contributed by atoms with Gasteiger partial charge in [0.25, 0.3) is 0 Å². The van der Waals surface area contributed by atoms with Crippen molar-refractivity contribution in [3.8, 4) is 5.82 Å². The normalized spacial score (nSPS) is 10.6. The molecule has 0 aliphatic carbocycles. The first kappa shape index (κ1) is 15.9. The first-order chi connectivity index (χ1) is 11.6. The summed E-state index contributed by atoms with van der Waals surface area (Å²) in [4.78, 5) is 24.8. The van der Waals surface area contributed by atoms with Crippen LogP contribution in [-0.4, -0.2) is 25.4 Å². The van der Waals surface area contributed by atoms with Crippen molar-refractivity contribution in [1.82, 2.24) is 24.8 Å². The van der Waals surface area contributed by atoms with Crippen LogP contribution in [0.1, 0.15) is 22.6 Å². The molecular formula is C18H19N5O. The average molecular weight is 321 g/mol. The van der Waals surface area contributed by atoms with E-state index in [0.717, 1.165) is 28.5 Å². The largest absolute Gasteiger partial charge is 0.352 e. The molecule has 0 unspecified atom stereocenters. The molecular weight excluding hydrogens is 302 g/mol. The zero-order valence-corrected chi connectivity index (χ0v) is 13.7. The maximum absolute atomic E-state index is 12.1. The number of rotatable bonds is 5. The van der Waals surface area contributed by atoms with Crippen LogP contribution < -0.4 is 5.32 Å². The number of aromatic nitrogens is 4. The summed E-state index contributed by atoms with van der Waals surface area (Å²) in [6.07, 6.45) is 7.40. The number of amides is 1. The van der Waals surface area contributed by atoms with Crippen LogP contribution in [0.2, 0.25) is 0 Å². The Labute approximate surface area is 140 Å². The number of aryl methyl sites for hydroxylation is 2. The van der Waals surface area contributed by atoms with E-state index in [1.807, 2.05) is 48.9 Å². The van der Waals surface area contributed by atoms with Crippen LogP contribution in [-0.2, 0) is 17.8 Å². The summed E-state index contributed by atoms with van der Waals surface area (Å²) in [5.41, 5.74) is 2.84. The molecule has 3 heterocycles. The van der Waals surface area contributed by atoms with Gasteiger partial charge >= 0.3 is 0 Å². The SMILES string of the molecule is Cc1ccc(CC(=O)NCc2ccnc(-n3ccnc3C)c2)cn1. The van der Waals surface area contributed by atoms with Crippen LogP contribution in [0, 0.1) is 13.8 Å². The van der Waals surface area contributed by atoms with Gasteiger partial charge in [-0.05, 0) is 43.2 Å². The zero-order chi connectivity index (χ0) is 16.9. The Hall–Kier alpha value is -3.02. The molecule has 3 aromatic rings. The van der Waals surface area contributed by atoms with Gasteiger partial charge in [-0.15, -0.1) is 0 Å².